The highest BCUT2D eigenvalue weighted by atomic mass is 32.2. The third-order valence-electron chi connectivity index (χ3n) is 2.19. The molecule has 0 aliphatic carbocycles. The second-order valence-electron chi connectivity index (χ2n) is 3.71. The molecule has 104 valence electrons. The second-order valence-corrected chi connectivity index (χ2v) is 6.99. The summed E-state index contributed by atoms with van der Waals surface area (Å²) in [6.45, 7) is 0.133. The van der Waals surface area contributed by atoms with E-state index in [9.17, 15) is 13.2 Å². The Bertz CT molecular complexity index is 628. The number of thiophene rings is 1. The van der Waals surface area contributed by atoms with Crippen LogP contribution in [0.1, 0.15) is 15.2 Å². The van der Waals surface area contributed by atoms with Crippen molar-refractivity contribution in [2.75, 3.05) is 36.7 Å². The number of anilines is 2. The first-order chi connectivity index (χ1) is 8.80. The molecule has 0 fully saturated rings. The first-order valence-electron chi connectivity index (χ1n) is 5.12. The Hall–Kier alpha value is -1.79. The monoisotopic (exact) mass is 303 g/mol. The molecule has 0 saturated heterocycles. The summed E-state index contributed by atoms with van der Waals surface area (Å²) in [5, 5.41) is 12.1. The van der Waals surface area contributed by atoms with Crippen LogP contribution in [-0.2, 0) is 14.6 Å². The Kier molecular flexibility index (Phi) is 4.74. The van der Waals surface area contributed by atoms with Gasteiger partial charge < -0.3 is 15.8 Å². The highest BCUT2D eigenvalue weighted by Crippen LogP contribution is 2.35. The van der Waals surface area contributed by atoms with Crippen molar-refractivity contribution in [1.29, 1.82) is 5.26 Å². The number of methoxy groups -OCH3 is 1. The van der Waals surface area contributed by atoms with E-state index in [2.05, 4.69) is 10.1 Å². The summed E-state index contributed by atoms with van der Waals surface area (Å²) in [5.74, 6) is -0.710. The van der Waals surface area contributed by atoms with Crippen LogP contribution >= 0.6 is 11.3 Å². The van der Waals surface area contributed by atoms with Crippen LogP contribution in [0.4, 0.5) is 10.7 Å². The first-order valence-corrected chi connectivity index (χ1v) is 8.00. The molecule has 0 saturated carbocycles. The Morgan fingerprint density at radius 2 is 2.21 bits per heavy atom. The molecule has 0 atom stereocenters. The smallest absolute Gasteiger partial charge is 0.350 e. The van der Waals surface area contributed by atoms with Gasteiger partial charge in [-0.05, 0) is 0 Å². The van der Waals surface area contributed by atoms with Crippen molar-refractivity contribution in [1.82, 2.24) is 0 Å². The minimum atomic E-state index is -3.10. The standard InChI is InChI=1S/C10H13N3O4S2/c1-17-10(14)8-7(12)6(5-11)9(18-8)13-3-4-19(2,15)16/h13H,3-4,12H2,1-2H3. The van der Waals surface area contributed by atoms with Crippen LogP contribution in [0.15, 0.2) is 0 Å². The number of nitrogen functional groups attached to an aromatic ring is 1. The minimum Gasteiger partial charge on any atom is -0.465 e. The SMILES string of the molecule is COC(=O)c1sc(NCCS(C)(=O)=O)c(C#N)c1N. The lowest BCUT2D eigenvalue weighted by Crippen LogP contribution is -2.13. The molecule has 19 heavy (non-hydrogen) atoms. The van der Waals surface area contributed by atoms with Gasteiger partial charge in [0.15, 0.2) is 0 Å². The first kappa shape index (κ1) is 15.3. The molecule has 1 aromatic heterocycles. The largest absolute Gasteiger partial charge is 0.465 e. The van der Waals surface area contributed by atoms with Crippen molar-refractivity contribution >= 4 is 37.8 Å². The summed E-state index contributed by atoms with van der Waals surface area (Å²) in [5.41, 5.74) is 5.84. The number of sulfone groups is 1. The van der Waals surface area contributed by atoms with Gasteiger partial charge in [-0.1, -0.05) is 0 Å². The maximum Gasteiger partial charge on any atom is 0.350 e. The van der Waals surface area contributed by atoms with E-state index in [1.807, 2.05) is 6.07 Å². The van der Waals surface area contributed by atoms with Gasteiger partial charge in [-0.25, -0.2) is 13.2 Å². The molecule has 1 aromatic rings. The average Bonchev–Trinajstić information content (AvgIpc) is 2.63. The summed E-state index contributed by atoms with van der Waals surface area (Å²) in [6.07, 6.45) is 1.11. The van der Waals surface area contributed by atoms with Crippen molar-refractivity contribution in [2.45, 2.75) is 0 Å². The van der Waals surface area contributed by atoms with E-state index >= 15 is 0 Å². The molecule has 0 unspecified atom stereocenters. The zero-order valence-corrected chi connectivity index (χ0v) is 12.0. The van der Waals surface area contributed by atoms with Crippen LogP contribution in [0.25, 0.3) is 0 Å². The number of nitriles is 1. The Morgan fingerprint density at radius 1 is 1.58 bits per heavy atom. The number of nitrogens with two attached hydrogens (primary N) is 1. The lowest BCUT2D eigenvalue weighted by Gasteiger charge is -2.02. The van der Waals surface area contributed by atoms with Gasteiger partial charge in [-0.15, -0.1) is 11.3 Å². The molecule has 9 heteroatoms. The summed E-state index contributed by atoms with van der Waals surface area (Å²) < 4.78 is 26.6. The van der Waals surface area contributed by atoms with Crippen LogP contribution < -0.4 is 11.1 Å². The Labute approximate surface area is 114 Å². The maximum absolute atomic E-state index is 11.4. The van der Waals surface area contributed by atoms with Gasteiger partial charge >= 0.3 is 5.97 Å². The van der Waals surface area contributed by atoms with E-state index in [1.54, 1.807) is 0 Å². The van der Waals surface area contributed by atoms with Crippen LogP contribution in [0.5, 0.6) is 0 Å². The number of ether oxygens (including phenoxy) is 1. The number of rotatable bonds is 5. The molecule has 1 rings (SSSR count). The normalized spacial score (nSPS) is 10.8. The quantitative estimate of drug-likeness (QED) is 0.757. The van der Waals surface area contributed by atoms with Crippen LogP contribution in [0, 0.1) is 11.3 Å². The third kappa shape index (κ3) is 3.84. The summed E-state index contributed by atoms with van der Waals surface area (Å²) in [6, 6.07) is 1.88. The van der Waals surface area contributed by atoms with E-state index in [1.165, 1.54) is 7.11 Å². The molecule has 0 bridgehead atoms. The number of hydrogen-bond acceptors (Lipinski definition) is 8. The van der Waals surface area contributed by atoms with Crippen LogP contribution in [-0.4, -0.2) is 40.1 Å². The van der Waals surface area contributed by atoms with Crippen LogP contribution in [0.3, 0.4) is 0 Å². The molecule has 0 radical (unpaired) electrons. The summed E-state index contributed by atoms with van der Waals surface area (Å²) in [7, 11) is -1.89. The van der Waals surface area contributed by atoms with Crippen molar-refractivity contribution in [3.63, 3.8) is 0 Å². The second kappa shape index (κ2) is 5.90. The van der Waals surface area contributed by atoms with E-state index in [-0.39, 0.29) is 28.4 Å². The van der Waals surface area contributed by atoms with Gasteiger partial charge in [0.25, 0.3) is 0 Å². The molecular weight excluding hydrogens is 290 g/mol. The lowest BCUT2D eigenvalue weighted by atomic mass is 10.2. The maximum atomic E-state index is 11.4. The van der Waals surface area contributed by atoms with E-state index in [0.29, 0.717) is 5.00 Å². The summed E-state index contributed by atoms with van der Waals surface area (Å²) in [4.78, 5) is 11.5. The number of nitrogens with zero attached hydrogens (tertiary/aromatic N) is 1. The fraction of sp³-hybridized carbons (Fsp3) is 0.400. The fourth-order valence-corrected chi connectivity index (χ4v) is 2.76. The van der Waals surface area contributed by atoms with Crippen LogP contribution in [0.2, 0.25) is 0 Å². The number of hydrogen-bond donors (Lipinski definition) is 2. The van der Waals surface area contributed by atoms with E-state index < -0.39 is 15.8 Å². The molecule has 3 N–H and O–H groups in total. The number of carbonyl (C=O) groups is 1. The molecule has 0 amide bonds. The van der Waals surface area contributed by atoms with Crippen molar-refractivity contribution in [2.24, 2.45) is 0 Å². The Morgan fingerprint density at radius 3 is 2.68 bits per heavy atom. The lowest BCUT2D eigenvalue weighted by molar-refractivity contribution is 0.0607. The highest BCUT2D eigenvalue weighted by Gasteiger charge is 2.21. The zero-order chi connectivity index (χ0) is 14.6. The predicted molar refractivity (Wildman–Crippen MR) is 73.0 cm³/mol. The van der Waals surface area contributed by atoms with Crippen molar-refractivity contribution in [3.8, 4) is 6.07 Å². The Balaban J connectivity index is 2.96. The van der Waals surface area contributed by atoms with Gasteiger partial charge in [-0.2, -0.15) is 5.26 Å². The van der Waals surface area contributed by atoms with Crippen molar-refractivity contribution < 1.29 is 17.9 Å². The molecule has 0 aromatic carbocycles. The van der Waals surface area contributed by atoms with Gasteiger partial charge in [0.05, 0.1) is 18.6 Å². The zero-order valence-electron chi connectivity index (χ0n) is 10.4. The third-order valence-corrected chi connectivity index (χ3v) is 4.28. The van der Waals surface area contributed by atoms with Crippen molar-refractivity contribution in [3.05, 3.63) is 10.4 Å². The number of esters is 1. The predicted octanol–water partition coefficient (Wildman–Crippen LogP) is 0.445. The van der Waals surface area contributed by atoms with Gasteiger partial charge in [0, 0.05) is 12.8 Å². The van der Waals surface area contributed by atoms with Gasteiger partial charge in [-0.3, -0.25) is 0 Å². The van der Waals surface area contributed by atoms with Gasteiger partial charge in [0.1, 0.15) is 31.3 Å². The summed E-state index contributed by atoms with van der Waals surface area (Å²) >= 11 is 0.966. The van der Waals surface area contributed by atoms with E-state index in [0.717, 1.165) is 17.6 Å². The van der Waals surface area contributed by atoms with Gasteiger partial charge in [0.2, 0.25) is 0 Å². The molecule has 0 aliphatic heterocycles. The van der Waals surface area contributed by atoms with E-state index in [4.69, 9.17) is 11.0 Å². The molecule has 0 spiro atoms. The minimum absolute atomic E-state index is 0.0428. The average molecular weight is 303 g/mol. The molecular formula is C10H13N3O4S2. The topological polar surface area (TPSA) is 122 Å². The molecule has 1 heterocycles. The number of carbonyl (C=O) groups excluding carboxylic acids is 1. The molecule has 0 aliphatic rings. The fourth-order valence-electron chi connectivity index (χ4n) is 1.27. The molecule has 7 nitrogen and oxygen atoms in total. The number of nitrogens with one attached hydrogen (secondary N) is 1. The highest BCUT2D eigenvalue weighted by molar-refractivity contribution is 7.90.